The Balaban J connectivity index is 1.89. The molecule has 6 nitrogen and oxygen atoms in total. The van der Waals surface area contributed by atoms with E-state index in [1.807, 2.05) is 4.90 Å². The number of nitrogens with zero attached hydrogens (tertiary/aromatic N) is 3. The van der Waals surface area contributed by atoms with Crippen LogP contribution in [0.2, 0.25) is 5.02 Å². The molecule has 0 aliphatic carbocycles. The number of rotatable bonds is 3. The summed E-state index contributed by atoms with van der Waals surface area (Å²) in [5.41, 5.74) is 1.01. The first-order chi connectivity index (χ1) is 11.1. The zero-order valence-corrected chi connectivity index (χ0v) is 13.6. The number of hydrogen-bond donors (Lipinski definition) is 0. The fourth-order valence-corrected chi connectivity index (χ4v) is 3.16. The minimum Gasteiger partial charge on any atom is -0.468 e. The summed E-state index contributed by atoms with van der Waals surface area (Å²) < 4.78 is 6.30. The molecule has 2 aromatic rings. The van der Waals surface area contributed by atoms with E-state index in [4.69, 9.17) is 16.3 Å². The van der Waals surface area contributed by atoms with Crippen molar-refractivity contribution in [1.82, 2.24) is 14.3 Å². The lowest BCUT2D eigenvalue weighted by atomic mass is 10.0. The summed E-state index contributed by atoms with van der Waals surface area (Å²) in [6.07, 6.45) is 4.35. The van der Waals surface area contributed by atoms with E-state index in [9.17, 15) is 9.59 Å². The molecular formula is C16H18ClN3O3. The molecule has 1 aliphatic heterocycles. The van der Waals surface area contributed by atoms with Crippen molar-refractivity contribution in [3.63, 3.8) is 0 Å². The Morgan fingerprint density at radius 3 is 3.04 bits per heavy atom. The summed E-state index contributed by atoms with van der Waals surface area (Å²) in [6.45, 7) is 1.25. The van der Waals surface area contributed by atoms with Crippen LogP contribution < -0.4 is 5.56 Å². The van der Waals surface area contributed by atoms with Gasteiger partial charge in [0, 0.05) is 18.8 Å². The number of esters is 1. The van der Waals surface area contributed by atoms with E-state index in [-0.39, 0.29) is 17.6 Å². The van der Waals surface area contributed by atoms with Gasteiger partial charge in [0.05, 0.1) is 17.8 Å². The van der Waals surface area contributed by atoms with Gasteiger partial charge in [-0.25, -0.2) is 4.98 Å². The fourth-order valence-electron chi connectivity index (χ4n) is 3.00. The third kappa shape index (κ3) is 3.38. The normalized spacial score (nSPS) is 19.0. The summed E-state index contributed by atoms with van der Waals surface area (Å²) in [6, 6.07) is 4.64. The second-order valence-corrected chi connectivity index (χ2v) is 6.10. The quantitative estimate of drug-likeness (QED) is 0.801. The van der Waals surface area contributed by atoms with Gasteiger partial charge in [0.15, 0.2) is 0 Å². The Morgan fingerprint density at radius 1 is 1.43 bits per heavy atom. The van der Waals surface area contributed by atoms with Crippen molar-refractivity contribution in [1.29, 1.82) is 0 Å². The van der Waals surface area contributed by atoms with Gasteiger partial charge in [0.2, 0.25) is 0 Å². The van der Waals surface area contributed by atoms with Crippen LogP contribution in [-0.4, -0.2) is 40.0 Å². The molecule has 1 unspecified atom stereocenters. The molecule has 122 valence electrons. The maximum Gasteiger partial charge on any atom is 0.323 e. The van der Waals surface area contributed by atoms with Gasteiger partial charge >= 0.3 is 5.97 Å². The van der Waals surface area contributed by atoms with Crippen LogP contribution in [0.4, 0.5) is 0 Å². The molecule has 0 aromatic carbocycles. The molecule has 0 radical (unpaired) electrons. The summed E-state index contributed by atoms with van der Waals surface area (Å²) in [5.74, 6) is -0.228. The SMILES string of the molecule is COC(=O)C1CCCCN1Cc1cc(=O)n2cc(Cl)ccc2n1. The van der Waals surface area contributed by atoms with Crippen LogP contribution in [0, 0.1) is 0 Å². The van der Waals surface area contributed by atoms with E-state index in [2.05, 4.69) is 4.98 Å². The van der Waals surface area contributed by atoms with Crippen molar-refractivity contribution in [3.8, 4) is 0 Å². The minimum absolute atomic E-state index is 0.181. The van der Waals surface area contributed by atoms with E-state index >= 15 is 0 Å². The number of fused-ring (bicyclic) bond motifs is 1. The first-order valence-electron chi connectivity index (χ1n) is 7.58. The van der Waals surface area contributed by atoms with Crippen LogP contribution in [0.5, 0.6) is 0 Å². The predicted octanol–water partition coefficient (Wildman–Crippen LogP) is 1.88. The van der Waals surface area contributed by atoms with Crippen LogP contribution in [0.1, 0.15) is 25.0 Å². The van der Waals surface area contributed by atoms with Crippen LogP contribution in [-0.2, 0) is 16.1 Å². The number of halogens is 1. The Kier molecular flexibility index (Phi) is 4.63. The van der Waals surface area contributed by atoms with Gasteiger partial charge in [0.1, 0.15) is 11.7 Å². The number of carbonyl (C=O) groups excluding carboxylic acids is 1. The molecule has 23 heavy (non-hydrogen) atoms. The van der Waals surface area contributed by atoms with Crippen molar-refractivity contribution in [2.24, 2.45) is 0 Å². The smallest absolute Gasteiger partial charge is 0.323 e. The summed E-state index contributed by atoms with van der Waals surface area (Å²) in [7, 11) is 1.40. The third-order valence-electron chi connectivity index (χ3n) is 4.13. The van der Waals surface area contributed by atoms with Gasteiger partial charge in [0.25, 0.3) is 5.56 Å². The lowest BCUT2D eigenvalue weighted by Crippen LogP contribution is -2.44. The molecule has 1 aliphatic rings. The van der Waals surface area contributed by atoms with Crippen molar-refractivity contribution >= 4 is 23.2 Å². The van der Waals surface area contributed by atoms with Crippen molar-refractivity contribution in [3.05, 3.63) is 45.5 Å². The lowest BCUT2D eigenvalue weighted by molar-refractivity contribution is -0.148. The molecule has 0 spiro atoms. The van der Waals surface area contributed by atoms with Gasteiger partial charge in [-0.05, 0) is 31.5 Å². The first kappa shape index (κ1) is 16.0. The number of likely N-dealkylation sites (tertiary alicyclic amines) is 1. The lowest BCUT2D eigenvalue weighted by Gasteiger charge is -2.33. The highest BCUT2D eigenvalue weighted by molar-refractivity contribution is 6.30. The molecule has 7 heteroatoms. The van der Waals surface area contributed by atoms with E-state index in [0.717, 1.165) is 25.8 Å². The van der Waals surface area contributed by atoms with Crippen molar-refractivity contribution in [2.45, 2.75) is 31.8 Å². The van der Waals surface area contributed by atoms with Gasteiger partial charge in [-0.3, -0.25) is 18.9 Å². The standard InChI is InChI=1S/C16H18ClN3O3/c1-23-16(22)13-4-2-3-7-19(13)10-12-8-15(21)20-9-11(17)5-6-14(20)18-12/h5-6,8-9,13H,2-4,7,10H2,1H3. The zero-order valence-electron chi connectivity index (χ0n) is 12.9. The molecule has 1 atom stereocenters. The monoisotopic (exact) mass is 335 g/mol. The maximum atomic E-state index is 12.2. The molecule has 1 fully saturated rings. The molecule has 0 N–H and O–H groups in total. The van der Waals surface area contributed by atoms with Crippen molar-refractivity contribution < 1.29 is 9.53 Å². The van der Waals surface area contributed by atoms with Crippen LogP contribution in [0.15, 0.2) is 29.2 Å². The van der Waals surface area contributed by atoms with E-state index in [1.54, 1.807) is 18.3 Å². The molecule has 1 saturated heterocycles. The number of methoxy groups -OCH3 is 1. The third-order valence-corrected chi connectivity index (χ3v) is 4.35. The Morgan fingerprint density at radius 2 is 2.26 bits per heavy atom. The van der Waals surface area contributed by atoms with Crippen molar-refractivity contribution in [2.75, 3.05) is 13.7 Å². The summed E-state index contributed by atoms with van der Waals surface area (Å²) in [5, 5.41) is 0.482. The van der Waals surface area contributed by atoms with Gasteiger partial charge in [-0.2, -0.15) is 0 Å². The second kappa shape index (κ2) is 6.68. The van der Waals surface area contributed by atoms with Crippen LogP contribution >= 0.6 is 11.6 Å². The molecule has 0 amide bonds. The van der Waals surface area contributed by atoms with E-state index in [0.29, 0.717) is 22.9 Å². The highest BCUT2D eigenvalue weighted by Gasteiger charge is 2.29. The average molecular weight is 336 g/mol. The molecule has 3 rings (SSSR count). The highest BCUT2D eigenvalue weighted by Crippen LogP contribution is 2.20. The largest absolute Gasteiger partial charge is 0.468 e. The first-order valence-corrected chi connectivity index (χ1v) is 7.96. The maximum absolute atomic E-state index is 12.2. The second-order valence-electron chi connectivity index (χ2n) is 5.67. The van der Waals surface area contributed by atoms with Gasteiger partial charge < -0.3 is 4.74 Å². The summed E-state index contributed by atoms with van der Waals surface area (Å²) >= 11 is 5.91. The van der Waals surface area contributed by atoms with Gasteiger partial charge in [-0.15, -0.1) is 0 Å². The molecule has 3 heterocycles. The Hall–Kier alpha value is -1.92. The average Bonchev–Trinajstić information content (AvgIpc) is 2.55. The molecule has 0 bridgehead atoms. The Labute approximate surface area is 138 Å². The number of piperidine rings is 1. The Bertz CT molecular complexity index is 790. The van der Waals surface area contributed by atoms with Crippen LogP contribution in [0.25, 0.3) is 5.65 Å². The van der Waals surface area contributed by atoms with Gasteiger partial charge in [-0.1, -0.05) is 18.0 Å². The fraction of sp³-hybridized carbons (Fsp3) is 0.438. The topological polar surface area (TPSA) is 63.9 Å². The number of carbonyl (C=O) groups is 1. The molecular weight excluding hydrogens is 318 g/mol. The molecule has 0 saturated carbocycles. The predicted molar refractivity (Wildman–Crippen MR) is 86.5 cm³/mol. The number of ether oxygens (including phenoxy) is 1. The highest BCUT2D eigenvalue weighted by atomic mass is 35.5. The van der Waals surface area contributed by atoms with E-state index < -0.39 is 0 Å². The number of hydrogen-bond acceptors (Lipinski definition) is 5. The van der Waals surface area contributed by atoms with E-state index in [1.165, 1.54) is 17.6 Å². The zero-order chi connectivity index (χ0) is 16.4. The molecule has 2 aromatic heterocycles. The minimum atomic E-state index is -0.265. The summed E-state index contributed by atoms with van der Waals surface area (Å²) in [4.78, 5) is 30.7. The number of aromatic nitrogens is 2. The van der Waals surface area contributed by atoms with Crippen LogP contribution in [0.3, 0.4) is 0 Å². The number of pyridine rings is 1.